The highest BCUT2D eigenvalue weighted by molar-refractivity contribution is 7.98. The number of benzene rings is 1. The molecule has 0 saturated heterocycles. The summed E-state index contributed by atoms with van der Waals surface area (Å²) in [6, 6.07) is 10.8. The Kier molecular flexibility index (Phi) is 6.54. The summed E-state index contributed by atoms with van der Waals surface area (Å²) in [5, 5.41) is 11.8. The Morgan fingerprint density at radius 2 is 1.86 bits per heavy atom. The SMILES string of the molecule is OCCOc1ccc(NCc2ccc(CSC(F)F)o2)cc1. The maximum absolute atomic E-state index is 12.1. The average Bonchev–Trinajstić information content (AvgIpc) is 2.98. The minimum atomic E-state index is -2.39. The number of furan rings is 1. The molecule has 2 aromatic rings. The molecule has 2 N–H and O–H groups in total. The van der Waals surface area contributed by atoms with Crippen LogP contribution in [-0.4, -0.2) is 24.1 Å². The second kappa shape index (κ2) is 8.65. The summed E-state index contributed by atoms with van der Waals surface area (Å²) in [6.07, 6.45) is 0. The van der Waals surface area contributed by atoms with Crippen LogP contribution in [0.3, 0.4) is 0 Å². The van der Waals surface area contributed by atoms with Gasteiger partial charge in [-0.05, 0) is 36.4 Å². The zero-order valence-electron chi connectivity index (χ0n) is 11.8. The van der Waals surface area contributed by atoms with E-state index in [0.717, 1.165) is 5.69 Å². The van der Waals surface area contributed by atoms with Gasteiger partial charge in [-0.15, -0.1) is 0 Å². The van der Waals surface area contributed by atoms with Gasteiger partial charge in [-0.1, -0.05) is 11.8 Å². The third-order valence-electron chi connectivity index (χ3n) is 2.75. The standard InChI is InChI=1S/C15H17F2NO3S/c16-15(17)22-10-14-6-5-13(21-14)9-18-11-1-3-12(4-2-11)20-8-7-19/h1-6,15,18-19H,7-10H2. The van der Waals surface area contributed by atoms with E-state index in [1.807, 2.05) is 12.1 Å². The van der Waals surface area contributed by atoms with Crippen molar-refractivity contribution in [3.05, 3.63) is 47.9 Å². The van der Waals surface area contributed by atoms with E-state index in [9.17, 15) is 8.78 Å². The van der Waals surface area contributed by atoms with Crippen LogP contribution in [0.1, 0.15) is 11.5 Å². The first kappa shape index (κ1) is 16.6. The Morgan fingerprint density at radius 3 is 2.55 bits per heavy atom. The van der Waals surface area contributed by atoms with Gasteiger partial charge >= 0.3 is 0 Å². The van der Waals surface area contributed by atoms with Crippen molar-refractivity contribution < 1.29 is 23.0 Å². The minimum absolute atomic E-state index is 0.0231. The molecule has 0 aliphatic carbocycles. The summed E-state index contributed by atoms with van der Waals surface area (Å²) in [5.41, 5.74) is 0.885. The Morgan fingerprint density at radius 1 is 1.14 bits per heavy atom. The largest absolute Gasteiger partial charge is 0.491 e. The van der Waals surface area contributed by atoms with Gasteiger partial charge in [0.05, 0.1) is 18.9 Å². The molecule has 0 aliphatic rings. The van der Waals surface area contributed by atoms with Crippen LogP contribution in [0.4, 0.5) is 14.5 Å². The Hall–Kier alpha value is -1.73. The molecule has 0 spiro atoms. The van der Waals surface area contributed by atoms with Crippen molar-refractivity contribution in [3.63, 3.8) is 0 Å². The third-order valence-corrected chi connectivity index (χ3v) is 3.45. The number of hydrogen-bond donors (Lipinski definition) is 2. The van der Waals surface area contributed by atoms with Crippen LogP contribution in [0.5, 0.6) is 5.75 Å². The highest BCUT2D eigenvalue weighted by atomic mass is 32.2. The van der Waals surface area contributed by atoms with Crippen LogP contribution in [0.2, 0.25) is 0 Å². The number of hydrogen-bond acceptors (Lipinski definition) is 5. The van der Waals surface area contributed by atoms with E-state index >= 15 is 0 Å². The van der Waals surface area contributed by atoms with Crippen molar-refractivity contribution in [3.8, 4) is 5.75 Å². The summed E-state index contributed by atoms with van der Waals surface area (Å²) >= 11 is 0.541. The molecule has 0 saturated carbocycles. The molecule has 0 bridgehead atoms. The number of aliphatic hydroxyl groups excluding tert-OH is 1. The number of rotatable bonds is 9. The predicted molar refractivity (Wildman–Crippen MR) is 82.4 cm³/mol. The Labute approximate surface area is 131 Å². The molecule has 0 fully saturated rings. The second-order valence-corrected chi connectivity index (χ2v) is 5.37. The molecule has 1 aromatic carbocycles. The fourth-order valence-corrected chi connectivity index (χ4v) is 2.21. The van der Waals surface area contributed by atoms with Gasteiger partial charge in [0.15, 0.2) is 0 Å². The second-order valence-electron chi connectivity index (χ2n) is 4.39. The summed E-state index contributed by atoms with van der Waals surface area (Å²) in [7, 11) is 0. The maximum Gasteiger partial charge on any atom is 0.284 e. The summed E-state index contributed by atoms with van der Waals surface area (Å²) in [5.74, 6) is -0.323. The number of nitrogens with one attached hydrogen (secondary N) is 1. The molecular formula is C15H17F2NO3S. The molecule has 1 aromatic heterocycles. The zero-order valence-corrected chi connectivity index (χ0v) is 12.6. The van der Waals surface area contributed by atoms with Gasteiger partial charge in [0.1, 0.15) is 23.9 Å². The number of halogens is 2. The summed E-state index contributed by atoms with van der Waals surface area (Å²) in [6.45, 7) is 0.708. The number of alkyl halides is 2. The van der Waals surface area contributed by atoms with E-state index < -0.39 is 5.76 Å². The number of anilines is 1. The van der Waals surface area contributed by atoms with E-state index in [1.54, 1.807) is 24.3 Å². The van der Waals surface area contributed by atoms with E-state index in [-0.39, 0.29) is 19.0 Å². The van der Waals surface area contributed by atoms with Gasteiger partial charge in [0.2, 0.25) is 0 Å². The fraction of sp³-hybridized carbons (Fsp3) is 0.333. The van der Waals surface area contributed by atoms with Crippen LogP contribution < -0.4 is 10.1 Å². The van der Waals surface area contributed by atoms with E-state index in [2.05, 4.69) is 5.32 Å². The topological polar surface area (TPSA) is 54.6 Å². The van der Waals surface area contributed by atoms with E-state index in [0.29, 0.717) is 35.6 Å². The van der Waals surface area contributed by atoms with Crippen molar-refractivity contribution >= 4 is 17.4 Å². The minimum Gasteiger partial charge on any atom is -0.491 e. The first-order valence-electron chi connectivity index (χ1n) is 6.72. The predicted octanol–water partition coefficient (Wildman–Crippen LogP) is 3.72. The van der Waals surface area contributed by atoms with E-state index in [4.69, 9.17) is 14.3 Å². The number of ether oxygens (including phenoxy) is 1. The van der Waals surface area contributed by atoms with Crippen LogP contribution >= 0.6 is 11.8 Å². The molecule has 120 valence electrons. The number of aliphatic hydroxyl groups is 1. The highest BCUT2D eigenvalue weighted by Gasteiger charge is 2.07. The first-order chi connectivity index (χ1) is 10.7. The van der Waals surface area contributed by atoms with Crippen molar-refractivity contribution in [1.29, 1.82) is 0 Å². The fourth-order valence-electron chi connectivity index (χ4n) is 1.76. The van der Waals surface area contributed by atoms with Crippen molar-refractivity contribution in [2.24, 2.45) is 0 Å². The van der Waals surface area contributed by atoms with Crippen molar-refractivity contribution in [2.75, 3.05) is 18.5 Å². The molecule has 22 heavy (non-hydrogen) atoms. The third kappa shape index (κ3) is 5.57. The summed E-state index contributed by atoms with van der Waals surface area (Å²) in [4.78, 5) is 0. The van der Waals surface area contributed by atoms with Gasteiger partial charge in [-0.25, -0.2) is 0 Å². The molecule has 4 nitrogen and oxygen atoms in total. The smallest absolute Gasteiger partial charge is 0.284 e. The average molecular weight is 329 g/mol. The lowest BCUT2D eigenvalue weighted by Gasteiger charge is -2.07. The lowest BCUT2D eigenvalue weighted by molar-refractivity contribution is 0.201. The van der Waals surface area contributed by atoms with Gasteiger partial charge in [0.25, 0.3) is 5.76 Å². The Bertz CT molecular complexity index is 560. The molecule has 0 amide bonds. The molecule has 0 unspecified atom stereocenters. The highest BCUT2D eigenvalue weighted by Crippen LogP contribution is 2.22. The summed E-state index contributed by atoms with van der Waals surface area (Å²) < 4.78 is 34.9. The normalized spacial score (nSPS) is 10.9. The first-order valence-corrected chi connectivity index (χ1v) is 7.77. The zero-order chi connectivity index (χ0) is 15.8. The van der Waals surface area contributed by atoms with Crippen LogP contribution in [0.25, 0.3) is 0 Å². The molecule has 1 heterocycles. The van der Waals surface area contributed by atoms with Gasteiger partial charge in [0, 0.05) is 5.69 Å². The molecule has 0 atom stereocenters. The molecular weight excluding hydrogens is 312 g/mol. The van der Waals surface area contributed by atoms with E-state index in [1.165, 1.54) is 0 Å². The quantitative estimate of drug-likeness (QED) is 0.734. The van der Waals surface area contributed by atoms with Gasteiger partial charge in [-0.3, -0.25) is 0 Å². The number of thioether (sulfide) groups is 1. The van der Waals surface area contributed by atoms with Crippen LogP contribution in [0, 0.1) is 0 Å². The lowest BCUT2D eigenvalue weighted by atomic mass is 10.3. The monoisotopic (exact) mass is 329 g/mol. The van der Waals surface area contributed by atoms with Crippen molar-refractivity contribution in [1.82, 2.24) is 0 Å². The van der Waals surface area contributed by atoms with Crippen LogP contribution in [-0.2, 0) is 12.3 Å². The maximum atomic E-state index is 12.1. The molecule has 7 heteroatoms. The molecule has 2 rings (SSSR count). The van der Waals surface area contributed by atoms with Gasteiger partial charge in [-0.2, -0.15) is 8.78 Å². The lowest BCUT2D eigenvalue weighted by Crippen LogP contribution is -2.02. The van der Waals surface area contributed by atoms with Crippen LogP contribution in [0.15, 0.2) is 40.8 Å². The molecule has 0 radical (unpaired) electrons. The molecule has 0 aliphatic heterocycles. The Balaban J connectivity index is 1.80. The van der Waals surface area contributed by atoms with Gasteiger partial charge < -0.3 is 19.6 Å². The van der Waals surface area contributed by atoms with Crippen molar-refractivity contribution in [2.45, 2.75) is 18.1 Å².